The van der Waals surface area contributed by atoms with Gasteiger partial charge in [-0.3, -0.25) is 0 Å². The van der Waals surface area contributed by atoms with Crippen LogP contribution in [0.1, 0.15) is 5.56 Å². The minimum Gasteiger partial charge on any atom is -0.389 e. The Labute approximate surface area is 118 Å². The van der Waals surface area contributed by atoms with Crippen molar-refractivity contribution in [3.8, 4) is 0 Å². The first-order chi connectivity index (χ1) is 8.89. The maximum Gasteiger partial charge on any atom is 0.211 e. The van der Waals surface area contributed by atoms with Crippen LogP contribution in [0.25, 0.3) is 0 Å². The van der Waals surface area contributed by atoms with E-state index in [1.54, 1.807) is 12.3 Å². The van der Waals surface area contributed by atoms with Gasteiger partial charge in [0.1, 0.15) is 10.8 Å². The second kappa shape index (κ2) is 5.40. The summed E-state index contributed by atoms with van der Waals surface area (Å²) in [6, 6.07) is 3.61. The lowest BCUT2D eigenvalue weighted by atomic mass is 10.2. The van der Waals surface area contributed by atoms with Crippen molar-refractivity contribution < 1.29 is 8.42 Å². The normalized spacial score (nSPS) is 17.4. The first-order valence-corrected chi connectivity index (χ1v) is 8.10. The van der Waals surface area contributed by atoms with Crippen molar-refractivity contribution in [2.24, 2.45) is 5.73 Å². The zero-order valence-electron chi connectivity index (χ0n) is 10.6. The molecule has 0 spiro atoms. The highest BCUT2D eigenvalue weighted by atomic mass is 32.2. The fourth-order valence-corrected chi connectivity index (χ4v) is 3.06. The molecule has 0 saturated carbocycles. The van der Waals surface area contributed by atoms with Crippen LogP contribution in [0.15, 0.2) is 18.3 Å². The van der Waals surface area contributed by atoms with E-state index in [1.165, 1.54) is 10.6 Å². The quantitative estimate of drug-likeness (QED) is 0.779. The third-order valence-corrected chi connectivity index (χ3v) is 4.58. The summed E-state index contributed by atoms with van der Waals surface area (Å²) in [6.45, 7) is 2.07. The highest BCUT2D eigenvalue weighted by Gasteiger charge is 2.25. The molecule has 0 aliphatic carbocycles. The van der Waals surface area contributed by atoms with Crippen LogP contribution >= 0.6 is 12.2 Å². The van der Waals surface area contributed by atoms with E-state index in [-0.39, 0.29) is 0 Å². The van der Waals surface area contributed by atoms with E-state index in [1.807, 2.05) is 11.0 Å². The molecule has 0 amide bonds. The summed E-state index contributed by atoms with van der Waals surface area (Å²) < 4.78 is 24.4. The van der Waals surface area contributed by atoms with Crippen molar-refractivity contribution in [2.75, 3.05) is 37.3 Å². The lowest BCUT2D eigenvalue weighted by Crippen LogP contribution is -2.49. The zero-order chi connectivity index (χ0) is 14.0. The lowest BCUT2D eigenvalue weighted by Gasteiger charge is -2.34. The van der Waals surface area contributed by atoms with Crippen molar-refractivity contribution in [2.45, 2.75) is 0 Å². The van der Waals surface area contributed by atoms with Gasteiger partial charge in [0.15, 0.2) is 0 Å². The smallest absolute Gasteiger partial charge is 0.211 e. The molecule has 19 heavy (non-hydrogen) atoms. The number of nitrogens with two attached hydrogens (primary N) is 1. The summed E-state index contributed by atoms with van der Waals surface area (Å²) in [5.74, 6) is 0.725. The highest BCUT2D eigenvalue weighted by molar-refractivity contribution is 7.88. The number of rotatable bonds is 3. The molecular weight excluding hydrogens is 284 g/mol. The fourth-order valence-electron chi connectivity index (χ4n) is 2.07. The van der Waals surface area contributed by atoms with Gasteiger partial charge in [0.05, 0.1) is 11.8 Å². The maximum atomic E-state index is 11.5. The van der Waals surface area contributed by atoms with Crippen LogP contribution in [0.2, 0.25) is 0 Å². The topological polar surface area (TPSA) is 79.5 Å². The molecule has 0 radical (unpaired) electrons. The van der Waals surface area contributed by atoms with Crippen LogP contribution in [-0.4, -0.2) is 55.1 Å². The van der Waals surface area contributed by atoms with Crippen LogP contribution in [0.4, 0.5) is 5.82 Å². The number of sulfonamides is 1. The third kappa shape index (κ3) is 3.20. The summed E-state index contributed by atoms with van der Waals surface area (Å²) in [7, 11) is -3.12. The predicted molar refractivity (Wildman–Crippen MR) is 78.8 cm³/mol. The highest BCUT2D eigenvalue weighted by Crippen LogP contribution is 2.19. The summed E-state index contributed by atoms with van der Waals surface area (Å²) in [5, 5.41) is 0. The zero-order valence-corrected chi connectivity index (χ0v) is 12.2. The maximum absolute atomic E-state index is 11.5. The van der Waals surface area contributed by atoms with Crippen LogP contribution in [0.3, 0.4) is 0 Å². The van der Waals surface area contributed by atoms with Crippen molar-refractivity contribution in [3.05, 3.63) is 23.9 Å². The molecular formula is C11H16N4O2S2. The monoisotopic (exact) mass is 300 g/mol. The molecule has 1 aromatic heterocycles. The molecule has 1 aromatic rings. The van der Waals surface area contributed by atoms with Crippen molar-refractivity contribution in [1.29, 1.82) is 0 Å². The van der Waals surface area contributed by atoms with Gasteiger partial charge < -0.3 is 10.6 Å². The molecule has 1 aliphatic heterocycles. The Kier molecular flexibility index (Phi) is 4.02. The van der Waals surface area contributed by atoms with E-state index in [0.717, 1.165) is 11.4 Å². The van der Waals surface area contributed by atoms with E-state index in [9.17, 15) is 8.42 Å². The number of aromatic nitrogens is 1. The van der Waals surface area contributed by atoms with E-state index in [0.29, 0.717) is 31.2 Å². The summed E-state index contributed by atoms with van der Waals surface area (Å²) in [5.41, 5.74) is 6.40. The van der Waals surface area contributed by atoms with Crippen molar-refractivity contribution >= 4 is 33.0 Å². The van der Waals surface area contributed by atoms with Crippen molar-refractivity contribution in [3.63, 3.8) is 0 Å². The van der Waals surface area contributed by atoms with Gasteiger partial charge in [0, 0.05) is 32.4 Å². The molecule has 1 aliphatic rings. The Morgan fingerprint density at radius 3 is 2.53 bits per heavy atom. The lowest BCUT2D eigenvalue weighted by molar-refractivity contribution is 0.387. The van der Waals surface area contributed by atoms with Gasteiger partial charge in [-0.1, -0.05) is 12.2 Å². The first kappa shape index (κ1) is 14.2. The minimum absolute atomic E-state index is 0.300. The molecule has 8 heteroatoms. The predicted octanol–water partition coefficient (Wildman–Crippen LogP) is -0.203. The number of hydrogen-bond acceptors (Lipinski definition) is 5. The number of pyridine rings is 1. The van der Waals surface area contributed by atoms with Crippen LogP contribution < -0.4 is 10.6 Å². The van der Waals surface area contributed by atoms with Gasteiger partial charge in [-0.05, 0) is 12.1 Å². The molecule has 2 rings (SSSR count). The van der Waals surface area contributed by atoms with E-state index in [4.69, 9.17) is 18.0 Å². The third-order valence-electron chi connectivity index (χ3n) is 3.06. The molecule has 0 aromatic carbocycles. The molecule has 1 fully saturated rings. The van der Waals surface area contributed by atoms with Crippen LogP contribution in [0, 0.1) is 0 Å². The van der Waals surface area contributed by atoms with Gasteiger partial charge in [-0.25, -0.2) is 13.4 Å². The molecule has 1 saturated heterocycles. The molecule has 0 atom stereocenters. The number of thiocarbonyl (C=S) groups is 1. The Balaban J connectivity index is 2.16. The average molecular weight is 300 g/mol. The SMILES string of the molecule is CS(=O)(=O)N1CCN(c2ncccc2C(N)=S)CC1. The number of nitrogens with zero attached hydrogens (tertiary/aromatic N) is 3. The Hall–Kier alpha value is -1.25. The molecule has 0 bridgehead atoms. The van der Waals surface area contributed by atoms with Crippen LogP contribution in [-0.2, 0) is 10.0 Å². The van der Waals surface area contributed by atoms with Gasteiger partial charge in [-0.15, -0.1) is 0 Å². The second-order valence-electron chi connectivity index (χ2n) is 4.39. The molecule has 0 unspecified atom stereocenters. The van der Waals surface area contributed by atoms with Gasteiger partial charge in [0.2, 0.25) is 10.0 Å². The number of piperazine rings is 1. The Bertz CT molecular complexity index is 580. The number of hydrogen-bond donors (Lipinski definition) is 1. The molecule has 6 nitrogen and oxygen atoms in total. The van der Waals surface area contributed by atoms with Gasteiger partial charge in [0.25, 0.3) is 0 Å². The second-order valence-corrected chi connectivity index (χ2v) is 6.81. The Morgan fingerprint density at radius 1 is 1.37 bits per heavy atom. The summed E-state index contributed by atoms with van der Waals surface area (Å²) >= 11 is 5.01. The van der Waals surface area contributed by atoms with Gasteiger partial charge >= 0.3 is 0 Å². The summed E-state index contributed by atoms with van der Waals surface area (Å²) in [4.78, 5) is 6.61. The summed E-state index contributed by atoms with van der Waals surface area (Å²) in [6.07, 6.45) is 2.91. The van der Waals surface area contributed by atoms with E-state index in [2.05, 4.69) is 4.98 Å². The largest absolute Gasteiger partial charge is 0.389 e. The average Bonchev–Trinajstić information content (AvgIpc) is 2.38. The van der Waals surface area contributed by atoms with Crippen LogP contribution in [0.5, 0.6) is 0 Å². The molecule has 2 N–H and O–H groups in total. The van der Waals surface area contributed by atoms with E-state index >= 15 is 0 Å². The Morgan fingerprint density at radius 2 is 2.00 bits per heavy atom. The van der Waals surface area contributed by atoms with Crippen molar-refractivity contribution in [1.82, 2.24) is 9.29 Å². The van der Waals surface area contributed by atoms with E-state index < -0.39 is 10.0 Å². The molecule has 104 valence electrons. The first-order valence-electron chi connectivity index (χ1n) is 5.84. The number of anilines is 1. The minimum atomic E-state index is -3.12. The standard InChI is InChI=1S/C11H16N4O2S2/c1-19(16,17)15-7-5-14(6-8-15)11-9(10(12)18)3-2-4-13-11/h2-4H,5-8H2,1H3,(H2,12,18). The molecule has 2 heterocycles. The fraction of sp³-hybridized carbons (Fsp3) is 0.455. The van der Waals surface area contributed by atoms with Gasteiger partial charge in [-0.2, -0.15) is 4.31 Å².